The van der Waals surface area contributed by atoms with Crippen LogP contribution in [-0.2, 0) is 9.59 Å². The van der Waals surface area contributed by atoms with Gasteiger partial charge in [0.2, 0.25) is 11.8 Å². The Morgan fingerprint density at radius 3 is 2.33 bits per heavy atom. The summed E-state index contributed by atoms with van der Waals surface area (Å²) in [6.07, 6.45) is 0. The second-order valence-corrected chi connectivity index (χ2v) is 4.87. The van der Waals surface area contributed by atoms with Crippen LogP contribution in [0.3, 0.4) is 0 Å². The van der Waals surface area contributed by atoms with Crippen LogP contribution in [0.15, 0.2) is 24.3 Å². The fraction of sp³-hybridized carbons (Fsp3) is 0.429. The first-order valence-corrected chi connectivity index (χ1v) is 6.88. The van der Waals surface area contributed by atoms with Gasteiger partial charge in [-0.2, -0.15) is 0 Å². The van der Waals surface area contributed by atoms with E-state index in [0.717, 1.165) is 18.8 Å². The van der Waals surface area contributed by atoms with E-state index in [1.807, 2.05) is 12.1 Å². The monoisotopic (exact) mass is 292 g/mol. The zero-order valence-electron chi connectivity index (χ0n) is 11.8. The molecule has 0 bridgehead atoms. The van der Waals surface area contributed by atoms with Crippen LogP contribution in [-0.4, -0.2) is 61.1 Å². The number of carbonyl (C=O) groups is 2. The summed E-state index contributed by atoms with van der Waals surface area (Å²) in [6, 6.07) is 7.01. The van der Waals surface area contributed by atoms with Gasteiger partial charge < -0.3 is 26.0 Å². The van der Waals surface area contributed by atoms with Gasteiger partial charge in [-0.1, -0.05) is 0 Å². The normalized spacial score (nSPS) is 14.9. The maximum Gasteiger partial charge on any atom is 0.242 e. The number of amides is 2. The number of piperazine rings is 1. The molecule has 1 aliphatic heterocycles. The van der Waals surface area contributed by atoms with Crippen LogP contribution < -0.4 is 16.0 Å². The van der Waals surface area contributed by atoms with E-state index in [1.165, 1.54) is 0 Å². The van der Waals surface area contributed by atoms with Crippen LogP contribution >= 0.6 is 0 Å². The molecule has 4 N–H and O–H groups in total. The molecule has 1 heterocycles. The van der Waals surface area contributed by atoms with Crippen molar-refractivity contribution in [2.24, 2.45) is 5.73 Å². The van der Waals surface area contributed by atoms with Crippen molar-refractivity contribution in [3.63, 3.8) is 0 Å². The molecule has 2 amide bonds. The lowest BCUT2D eigenvalue weighted by molar-refractivity contribution is -0.132. The number of nitrogens with zero attached hydrogens (tertiary/aromatic N) is 2. The average molecular weight is 292 g/mol. The van der Waals surface area contributed by atoms with Crippen molar-refractivity contribution < 1.29 is 14.7 Å². The van der Waals surface area contributed by atoms with E-state index in [2.05, 4.69) is 10.2 Å². The molecule has 0 aromatic heterocycles. The molecular weight excluding hydrogens is 272 g/mol. The lowest BCUT2D eigenvalue weighted by atomic mass is 10.2. The van der Waals surface area contributed by atoms with Crippen molar-refractivity contribution in [3.05, 3.63) is 24.3 Å². The summed E-state index contributed by atoms with van der Waals surface area (Å²) in [7, 11) is 0. The van der Waals surface area contributed by atoms with Crippen molar-refractivity contribution in [2.75, 3.05) is 44.2 Å². The summed E-state index contributed by atoms with van der Waals surface area (Å²) in [5.41, 5.74) is 6.19. The van der Waals surface area contributed by atoms with E-state index in [4.69, 9.17) is 5.73 Å². The molecule has 0 aliphatic carbocycles. The Hall–Kier alpha value is -2.28. The lowest BCUT2D eigenvalue weighted by Crippen LogP contribution is -2.51. The summed E-state index contributed by atoms with van der Waals surface area (Å²) in [4.78, 5) is 26.8. The minimum absolute atomic E-state index is 0.00472. The Balaban J connectivity index is 1.81. The number of hydrogen-bond donors (Lipinski definition) is 3. The number of anilines is 1. The quantitative estimate of drug-likeness (QED) is 0.669. The van der Waals surface area contributed by atoms with Crippen molar-refractivity contribution in [1.29, 1.82) is 0 Å². The number of benzene rings is 1. The summed E-state index contributed by atoms with van der Waals surface area (Å²) in [5.74, 6) is -0.184. The van der Waals surface area contributed by atoms with Gasteiger partial charge in [0, 0.05) is 31.9 Å². The van der Waals surface area contributed by atoms with Crippen LogP contribution in [0.1, 0.15) is 0 Å². The second kappa shape index (κ2) is 6.94. The highest BCUT2D eigenvalue weighted by Crippen LogP contribution is 2.19. The molecular formula is C14H20N4O3. The molecule has 0 spiro atoms. The van der Waals surface area contributed by atoms with Gasteiger partial charge in [0.1, 0.15) is 5.75 Å². The molecule has 0 saturated carbocycles. The van der Waals surface area contributed by atoms with Gasteiger partial charge in [0.05, 0.1) is 13.1 Å². The van der Waals surface area contributed by atoms with Crippen LogP contribution in [0.2, 0.25) is 0 Å². The molecule has 0 unspecified atom stereocenters. The third kappa shape index (κ3) is 4.09. The van der Waals surface area contributed by atoms with E-state index < -0.39 is 0 Å². The fourth-order valence-corrected chi connectivity index (χ4v) is 2.24. The predicted octanol–water partition coefficient (Wildman–Crippen LogP) is -0.884. The summed E-state index contributed by atoms with van der Waals surface area (Å²) in [5, 5.41) is 11.8. The largest absolute Gasteiger partial charge is 0.508 e. The molecule has 1 aliphatic rings. The lowest BCUT2D eigenvalue weighted by Gasteiger charge is -2.36. The summed E-state index contributed by atoms with van der Waals surface area (Å²) in [6.45, 7) is 2.55. The van der Waals surface area contributed by atoms with Gasteiger partial charge in [0.15, 0.2) is 0 Å². The van der Waals surface area contributed by atoms with Gasteiger partial charge >= 0.3 is 0 Å². The molecule has 2 rings (SSSR count). The number of phenolic OH excluding ortho intramolecular Hbond substituents is 1. The smallest absolute Gasteiger partial charge is 0.242 e. The van der Waals surface area contributed by atoms with Crippen LogP contribution in [0.25, 0.3) is 0 Å². The Morgan fingerprint density at radius 1 is 1.14 bits per heavy atom. The number of nitrogens with one attached hydrogen (secondary N) is 1. The second-order valence-electron chi connectivity index (χ2n) is 4.87. The Morgan fingerprint density at radius 2 is 1.76 bits per heavy atom. The molecule has 1 aromatic carbocycles. The predicted molar refractivity (Wildman–Crippen MR) is 79.0 cm³/mol. The van der Waals surface area contributed by atoms with Gasteiger partial charge in [-0.3, -0.25) is 9.59 Å². The van der Waals surface area contributed by atoms with Crippen molar-refractivity contribution in [2.45, 2.75) is 0 Å². The van der Waals surface area contributed by atoms with Gasteiger partial charge in [-0.15, -0.1) is 0 Å². The molecule has 0 radical (unpaired) electrons. The molecule has 114 valence electrons. The summed E-state index contributed by atoms with van der Waals surface area (Å²) >= 11 is 0. The van der Waals surface area contributed by atoms with Gasteiger partial charge in [-0.05, 0) is 24.3 Å². The van der Waals surface area contributed by atoms with Crippen molar-refractivity contribution in [1.82, 2.24) is 10.2 Å². The van der Waals surface area contributed by atoms with Crippen LogP contribution in [0.4, 0.5) is 5.69 Å². The number of aromatic hydroxyl groups is 1. The first-order chi connectivity index (χ1) is 10.1. The third-order valence-corrected chi connectivity index (χ3v) is 3.47. The van der Waals surface area contributed by atoms with E-state index in [-0.39, 0.29) is 30.7 Å². The number of hydrogen-bond acceptors (Lipinski definition) is 5. The van der Waals surface area contributed by atoms with Crippen LogP contribution in [0, 0.1) is 0 Å². The summed E-state index contributed by atoms with van der Waals surface area (Å²) < 4.78 is 0. The van der Waals surface area contributed by atoms with E-state index in [1.54, 1.807) is 17.0 Å². The minimum Gasteiger partial charge on any atom is -0.508 e. The molecule has 0 atom stereocenters. The number of carbonyl (C=O) groups excluding carboxylic acids is 2. The highest BCUT2D eigenvalue weighted by atomic mass is 16.3. The van der Waals surface area contributed by atoms with E-state index in [0.29, 0.717) is 13.1 Å². The SMILES string of the molecule is NCC(=O)NCC(=O)N1CCN(c2ccc(O)cc2)CC1. The Bertz CT molecular complexity index is 495. The molecule has 7 heteroatoms. The molecule has 7 nitrogen and oxygen atoms in total. The minimum atomic E-state index is -0.328. The Kier molecular flexibility index (Phi) is 4.99. The molecule has 1 fully saturated rings. The van der Waals surface area contributed by atoms with Gasteiger partial charge in [0.25, 0.3) is 0 Å². The Labute approximate surface area is 123 Å². The zero-order chi connectivity index (χ0) is 15.2. The first-order valence-electron chi connectivity index (χ1n) is 6.88. The van der Waals surface area contributed by atoms with E-state index >= 15 is 0 Å². The van der Waals surface area contributed by atoms with Crippen molar-refractivity contribution >= 4 is 17.5 Å². The molecule has 1 aromatic rings. The van der Waals surface area contributed by atoms with Crippen LogP contribution in [0.5, 0.6) is 5.75 Å². The third-order valence-electron chi connectivity index (χ3n) is 3.47. The van der Waals surface area contributed by atoms with Gasteiger partial charge in [-0.25, -0.2) is 0 Å². The highest BCUT2D eigenvalue weighted by molar-refractivity contribution is 5.85. The topological polar surface area (TPSA) is 98.9 Å². The van der Waals surface area contributed by atoms with E-state index in [9.17, 15) is 14.7 Å². The number of phenols is 1. The maximum absolute atomic E-state index is 11.9. The molecule has 1 saturated heterocycles. The maximum atomic E-state index is 11.9. The number of rotatable bonds is 4. The fourth-order valence-electron chi connectivity index (χ4n) is 2.24. The first kappa shape index (κ1) is 15.1. The molecule has 21 heavy (non-hydrogen) atoms. The average Bonchev–Trinajstić information content (AvgIpc) is 2.53. The zero-order valence-corrected chi connectivity index (χ0v) is 11.8. The highest BCUT2D eigenvalue weighted by Gasteiger charge is 2.21. The standard InChI is InChI=1S/C14H20N4O3/c15-9-13(20)16-10-14(21)18-7-5-17(6-8-18)11-1-3-12(19)4-2-11/h1-4,19H,5-10,15H2,(H,16,20). The number of nitrogens with two attached hydrogens (primary N) is 1. The van der Waals surface area contributed by atoms with Crippen molar-refractivity contribution in [3.8, 4) is 5.75 Å².